The fourth-order valence-electron chi connectivity index (χ4n) is 3.88. The van der Waals surface area contributed by atoms with Crippen molar-refractivity contribution in [2.24, 2.45) is 10.4 Å². The lowest BCUT2D eigenvalue weighted by atomic mass is 9.68. The summed E-state index contributed by atoms with van der Waals surface area (Å²) in [4.78, 5) is 19.0. The molecule has 2 N–H and O–H groups in total. The maximum atomic E-state index is 12.1. The highest BCUT2D eigenvalue weighted by atomic mass is 127. The average molecular weight is 470 g/mol. The maximum Gasteiger partial charge on any atom is 0.251 e. The summed E-state index contributed by atoms with van der Waals surface area (Å²) >= 11 is 0. The molecule has 1 saturated heterocycles. The molecule has 1 saturated carbocycles. The summed E-state index contributed by atoms with van der Waals surface area (Å²) in [7, 11) is 1.85. The number of rotatable bonds is 5. The van der Waals surface area contributed by atoms with Gasteiger partial charge < -0.3 is 15.5 Å². The monoisotopic (exact) mass is 470 g/mol. The van der Waals surface area contributed by atoms with E-state index in [0.29, 0.717) is 18.5 Å². The summed E-state index contributed by atoms with van der Waals surface area (Å²) in [6.07, 6.45) is 6.36. The van der Waals surface area contributed by atoms with E-state index >= 15 is 0 Å². The van der Waals surface area contributed by atoms with Gasteiger partial charge in [0.25, 0.3) is 5.91 Å². The second kappa shape index (κ2) is 9.58. The van der Waals surface area contributed by atoms with E-state index in [0.717, 1.165) is 36.6 Å². The Morgan fingerprint density at radius 3 is 2.69 bits per heavy atom. The molecule has 0 bridgehead atoms. The van der Waals surface area contributed by atoms with E-state index in [9.17, 15) is 4.79 Å². The average Bonchev–Trinajstić information content (AvgIpc) is 3.06. The van der Waals surface area contributed by atoms with Crippen LogP contribution in [0.15, 0.2) is 29.3 Å². The normalized spacial score (nSPS) is 18.2. The summed E-state index contributed by atoms with van der Waals surface area (Å²) in [5.74, 6) is 0.976. The molecule has 3 rings (SSSR count). The molecule has 0 radical (unpaired) electrons. The Morgan fingerprint density at radius 1 is 1.27 bits per heavy atom. The van der Waals surface area contributed by atoms with Crippen LogP contribution in [0.2, 0.25) is 0 Å². The third-order valence-electron chi connectivity index (χ3n) is 5.54. The van der Waals surface area contributed by atoms with Crippen LogP contribution in [-0.4, -0.2) is 43.4 Å². The van der Waals surface area contributed by atoms with Crippen molar-refractivity contribution in [3.8, 4) is 0 Å². The second-order valence-corrected chi connectivity index (χ2v) is 7.38. The Morgan fingerprint density at radius 2 is 2.08 bits per heavy atom. The third kappa shape index (κ3) is 4.90. The summed E-state index contributed by atoms with van der Waals surface area (Å²) in [5.41, 5.74) is 2.38. The molecule has 26 heavy (non-hydrogen) atoms. The fourth-order valence-corrected chi connectivity index (χ4v) is 3.88. The number of amides is 1. The number of carbonyl (C=O) groups excluding carboxylic acids is 1. The van der Waals surface area contributed by atoms with Crippen LogP contribution < -0.4 is 10.6 Å². The largest absolute Gasteiger partial charge is 0.352 e. The lowest BCUT2D eigenvalue weighted by molar-refractivity contribution is 0.0953. The van der Waals surface area contributed by atoms with Crippen molar-refractivity contribution in [2.45, 2.75) is 45.6 Å². The zero-order valence-corrected chi connectivity index (χ0v) is 18.2. The second-order valence-electron chi connectivity index (χ2n) is 7.38. The van der Waals surface area contributed by atoms with Gasteiger partial charge in [0.1, 0.15) is 0 Å². The van der Waals surface area contributed by atoms with E-state index in [2.05, 4.69) is 27.4 Å². The first-order valence-electron chi connectivity index (χ1n) is 9.48. The molecule has 0 unspecified atom stereocenters. The van der Waals surface area contributed by atoms with Crippen LogP contribution in [0.25, 0.3) is 0 Å². The van der Waals surface area contributed by atoms with Crippen molar-refractivity contribution in [1.82, 2.24) is 15.5 Å². The molecule has 6 heteroatoms. The zero-order valence-electron chi connectivity index (χ0n) is 15.9. The highest BCUT2D eigenvalue weighted by Gasteiger charge is 2.43. The van der Waals surface area contributed by atoms with Crippen LogP contribution in [0.5, 0.6) is 0 Å². The first kappa shape index (κ1) is 21.0. The van der Waals surface area contributed by atoms with Gasteiger partial charge in [-0.2, -0.15) is 0 Å². The minimum atomic E-state index is -0.000416. The summed E-state index contributed by atoms with van der Waals surface area (Å²) in [5, 5.41) is 6.39. The zero-order chi connectivity index (χ0) is 17.7. The van der Waals surface area contributed by atoms with Gasteiger partial charge in [-0.05, 0) is 48.8 Å². The summed E-state index contributed by atoms with van der Waals surface area (Å²) < 4.78 is 0. The Labute approximate surface area is 174 Å². The van der Waals surface area contributed by atoms with Crippen molar-refractivity contribution >= 4 is 35.8 Å². The topological polar surface area (TPSA) is 56.7 Å². The first-order chi connectivity index (χ1) is 12.2. The summed E-state index contributed by atoms with van der Waals surface area (Å²) in [6, 6.07) is 7.82. The van der Waals surface area contributed by atoms with Gasteiger partial charge in [-0.1, -0.05) is 25.5 Å². The van der Waals surface area contributed by atoms with Gasteiger partial charge in [-0.25, -0.2) is 0 Å². The van der Waals surface area contributed by atoms with Crippen LogP contribution in [0.3, 0.4) is 0 Å². The molecule has 0 aromatic heterocycles. The highest BCUT2D eigenvalue weighted by Crippen LogP contribution is 2.47. The van der Waals surface area contributed by atoms with E-state index in [1.54, 1.807) is 0 Å². The number of hydrogen-bond donors (Lipinski definition) is 2. The number of aliphatic imine (C=N–C) groups is 1. The Bertz CT molecular complexity index is 642. The van der Waals surface area contributed by atoms with Gasteiger partial charge in [0.05, 0.1) is 0 Å². The lowest BCUT2D eigenvalue weighted by Crippen LogP contribution is -2.42. The smallest absolute Gasteiger partial charge is 0.251 e. The fraction of sp³-hybridized carbons (Fsp3) is 0.600. The summed E-state index contributed by atoms with van der Waals surface area (Å²) in [6.45, 7) is 5.68. The van der Waals surface area contributed by atoms with Crippen LogP contribution in [0, 0.1) is 5.41 Å². The van der Waals surface area contributed by atoms with Crippen molar-refractivity contribution in [3.05, 3.63) is 35.4 Å². The van der Waals surface area contributed by atoms with Gasteiger partial charge in [0.15, 0.2) is 5.96 Å². The van der Waals surface area contributed by atoms with E-state index in [1.807, 2.05) is 31.3 Å². The molecule has 2 fully saturated rings. The molecule has 2 aliphatic rings. The number of benzene rings is 1. The minimum Gasteiger partial charge on any atom is -0.352 e. The molecule has 1 amide bonds. The molecular weight excluding hydrogens is 439 g/mol. The van der Waals surface area contributed by atoms with Gasteiger partial charge >= 0.3 is 0 Å². The molecule has 1 aliphatic heterocycles. The Balaban J connectivity index is 0.00000243. The van der Waals surface area contributed by atoms with Crippen molar-refractivity contribution in [2.75, 3.05) is 26.7 Å². The number of guanidine groups is 1. The first-order valence-corrected chi connectivity index (χ1v) is 9.48. The Hall–Kier alpha value is -1.31. The number of hydrogen-bond acceptors (Lipinski definition) is 2. The predicted octanol–water partition coefficient (Wildman–Crippen LogP) is 3.40. The molecule has 144 valence electrons. The molecule has 1 spiro atoms. The standard InChI is InChI=1S/C20H30N4O.HI/c1-3-11-22-18(25)17-7-4-6-16(13-17)14-23-19(21-2)24-12-10-20(15-24)8-5-9-20;/h4,6-7,13H,3,5,8-12,14-15H2,1-2H3,(H,21,23)(H,22,25);1H. The predicted molar refractivity (Wildman–Crippen MR) is 117 cm³/mol. The quantitative estimate of drug-likeness (QED) is 0.394. The van der Waals surface area contributed by atoms with Crippen LogP contribution in [-0.2, 0) is 6.54 Å². The van der Waals surface area contributed by atoms with Crippen LogP contribution in [0.1, 0.15) is 54.9 Å². The number of nitrogens with one attached hydrogen (secondary N) is 2. The third-order valence-corrected chi connectivity index (χ3v) is 5.54. The number of carbonyl (C=O) groups is 1. The van der Waals surface area contributed by atoms with E-state index in [-0.39, 0.29) is 29.9 Å². The van der Waals surface area contributed by atoms with Gasteiger partial charge in [0, 0.05) is 38.8 Å². The number of likely N-dealkylation sites (tertiary alicyclic amines) is 1. The Kier molecular flexibility index (Phi) is 7.73. The molecule has 1 aromatic carbocycles. The maximum absolute atomic E-state index is 12.1. The number of nitrogens with zero attached hydrogens (tertiary/aromatic N) is 2. The van der Waals surface area contributed by atoms with Crippen LogP contribution in [0.4, 0.5) is 0 Å². The van der Waals surface area contributed by atoms with Crippen LogP contribution >= 0.6 is 24.0 Å². The lowest BCUT2D eigenvalue weighted by Gasteiger charge is -2.38. The van der Waals surface area contributed by atoms with E-state index in [1.165, 1.54) is 25.7 Å². The van der Waals surface area contributed by atoms with E-state index in [4.69, 9.17) is 0 Å². The molecule has 0 atom stereocenters. The minimum absolute atomic E-state index is 0. The van der Waals surface area contributed by atoms with Gasteiger partial charge in [-0.3, -0.25) is 9.79 Å². The number of halogens is 1. The highest BCUT2D eigenvalue weighted by molar-refractivity contribution is 14.0. The molecule has 1 aromatic rings. The van der Waals surface area contributed by atoms with Crippen molar-refractivity contribution in [1.29, 1.82) is 0 Å². The SMILES string of the molecule is CCCNC(=O)c1cccc(CNC(=NC)N2CCC3(CCC3)C2)c1.I. The van der Waals surface area contributed by atoms with Crippen molar-refractivity contribution in [3.63, 3.8) is 0 Å². The molecule has 1 aliphatic carbocycles. The molecule has 5 nitrogen and oxygen atoms in total. The van der Waals surface area contributed by atoms with Gasteiger partial charge in [-0.15, -0.1) is 24.0 Å². The molecule has 1 heterocycles. The van der Waals surface area contributed by atoms with E-state index < -0.39 is 0 Å². The molecular formula is C20H31IN4O. The van der Waals surface area contributed by atoms with Crippen molar-refractivity contribution < 1.29 is 4.79 Å². The van der Waals surface area contributed by atoms with Gasteiger partial charge in [0.2, 0.25) is 0 Å².